The fraction of sp³-hybridized carbons (Fsp3) is 0.455. The average molecular weight is 280 g/mol. The highest BCUT2D eigenvalue weighted by molar-refractivity contribution is 7.11. The first-order chi connectivity index (χ1) is 9.21. The van der Waals surface area contributed by atoms with Gasteiger partial charge in [-0.25, -0.2) is 4.98 Å². The Balaban J connectivity index is 2.08. The molecule has 0 saturated carbocycles. The van der Waals surface area contributed by atoms with Gasteiger partial charge in [-0.05, 0) is 13.8 Å². The van der Waals surface area contributed by atoms with Crippen LogP contribution in [0, 0.1) is 6.92 Å². The van der Waals surface area contributed by atoms with Crippen molar-refractivity contribution in [3.63, 3.8) is 0 Å². The Kier molecular flexibility index (Phi) is 4.45. The second kappa shape index (κ2) is 6.28. The van der Waals surface area contributed by atoms with Crippen LogP contribution in [0.25, 0.3) is 0 Å². The molecule has 0 aliphatic rings. The zero-order chi connectivity index (χ0) is 13.7. The Morgan fingerprint density at radius 3 is 2.53 bits per heavy atom. The standard InChI is InChI=1S/C11H16N6OS/c1-4-12-9-15-10(17-11(16-9)18-3)14-6-8-5-13-7(2)19-8/h5H,4,6H2,1-3H3,(H2,12,14,15,16,17). The SMILES string of the molecule is CCNc1nc(NCc2cnc(C)s2)nc(OC)n1. The van der Waals surface area contributed by atoms with Crippen molar-refractivity contribution in [2.24, 2.45) is 0 Å². The van der Waals surface area contributed by atoms with Gasteiger partial charge in [0.2, 0.25) is 11.9 Å². The minimum Gasteiger partial charge on any atom is -0.467 e. The smallest absolute Gasteiger partial charge is 0.322 e. The molecule has 7 nitrogen and oxygen atoms in total. The number of thiazole rings is 1. The normalized spacial score (nSPS) is 10.3. The first-order valence-corrected chi connectivity index (χ1v) is 6.72. The van der Waals surface area contributed by atoms with Gasteiger partial charge in [0.1, 0.15) is 0 Å². The van der Waals surface area contributed by atoms with Gasteiger partial charge in [0.05, 0.1) is 18.7 Å². The minimum absolute atomic E-state index is 0.286. The van der Waals surface area contributed by atoms with Crippen molar-refractivity contribution in [1.29, 1.82) is 0 Å². The molecule has 0 fully saturated rings. The predicted molar refractivity (Wildman–Crippen MR) is 74.7 cm³/mol. The molecule has 0 saturated heterocycles. The van der Waals surface area contributed by atoms with Crippen molar-refractivity contribution in [3.8, 4) is 6.01 Å². The average Bonchev–Trinajstić information content (AvgIpc) is 2.82. The maximum atomic E-state index is 5.05. The zero-order valence-electron chi connectivity index (χ0n) is 11.1. The number of nitrogens with one attached hydrogen (secondary N) is 2. The van der Waals surface area contributed by atoms with Gasteiger partial charge in [0.25, 0.3) is 0 Å². The highest BCUT2D eigenvalue weighted by atomic mass is 32.1. The van der Waals surface area contributed by atoms with Gasteiger partial charge < -0.3 is 15.4 Å². The van der Waals surface area contributed by atoms with E-state index in [1.165, 1.54) is 7.11 Å². The van der Waals surface area contributed by atoms with Crippen LogP contribution in [0.5, 0.6) is 6.01 Å². The van der Waals surface area contributed by atoms with Gasteiger partial charge >= 0.3 is 6.01 Å². The number of nitrogens with zero attached hydrogens (tertiary/aromatic N) is 4. The first kappa shape index (κ1) is 13.5. The number of rotatable bonds is 6. The Hall–Kier alpha value is -1.96. The molecule has 0 unspecified atom stereocenters. The van der Waals surface area contributed by atoms with E-state index >= 15 is 0 Å². The van der Waals surface area contributed by atoms with Gasteiger partial charge in [-0.1, -0.05) is 0 Å². The molecule has 2 aromatic heterocycles. The van der Waals surface area contributed by atoms with Crippen LogP contribution in [0.3, 0.4) is 0 Å². The third kappa shape index (κ3) is 3.75. The fourth-order valence-electron chi connectivity index (χ4n) is 1.42. The summed E-state index contributed by atoms with van der Waals surface area (Å²) >= 11 is 1.64. The van der Waals surface area contributed by atoms with Crippen LogP contribution in [0.4, 0.5) is 11.9 Å². The number of aryl methyl sites for hydroxylation is 1. The lowest BCUT2D eigenvalue weighted by Crippen LogP contribution is -2.09. The molecule has 2 N–H and O–H groups in total. The van der Waals surface area contributed by atoms with Crippen molar-refractivity contribution in [2.75, 3.05) is 24.3 Å². The van der Waals surface area contributed by atoms with E-state index in [2.05, 4.69) is 30.6 Å². The van der Waals surface area contributed by atoms with E-state index in [1.807, 2.05) is 20.0 Å². The van der Waals surface area contributed by atoms with Crippen molar-refractivity contribution < 1.29 is 4.74 Å². The summed E-state index contributed by atoms with van der Waals surface area (Å²) in [6.07, 6.45) is 1.84. The molecule has 2 heterocycles. The largest absolute Gasteiger partial charge is 0.467 e. The molecule has 8 heteroatoms. The lowest BCUT2D eigenvalue weighted by Gasteiger charge is -2.07. The summed E-state index contributed by atoms with van der Waals surface area (Å²) in [6.45, 7) is 5.32. The van der Waals surface area contributed by atoms with Crippen LogP contribution >= 0.6 is 11.3 Å². The Morgan fingerprint density at radius 2 is 1.95 bits per heavy atom. The van der Waals surface area contributed by atoms with E-state index in [0.717, 1.165) is 16.4 Å². The first-order valence-electron chi connectivity index (χ1n) is 5.90. The predicted octanol–water partition coefficient (Wildman–Crippen LogP) is 1.69. The topological polar surface area (TPSA) is 84.9 Å². The van der Waals surface area contributed by atoms with E-state index in [4.69, 9.17) is 4.74 Å². The second-order valence-corrected chi connectivity index (χ2v) is 5.02. The third-order valence-electron chi connectivity index (χ3n) is 2.22. The highest BCUT2D eigenvalue weighted by Crippen LogP contribution is 2.15. The summed E-state index contributed by atoms with van der Waals surface area (Å²) in [6, 6.07) is 0.286. The molecule has 19 heavy (non-hydrogen) atoms. The summed E-state index contributed by atoms with van der Waals surface area (Å²) < 4.78 is 5.05. The van der Waals surface area contributed by atoms with Crippen LogP contribution in [0.2, 0.25) is 0 Å². The monoisotopic (exact) mass is 280 g/mol. The molecule has 2 aromatic rings. The van der Waals surface area contributed by atoms with Gasteiger partial charge in [-0.15, -0.1) is 11.3 Å². The van der Waals surface area contributed by atoms with E-state index in [-0.39, 0.29) is 6.01 Å². The number of aromatic nitrogens is 4. The molecular weight excluding hydrogens is 264 g/mol. The minimum atomic E-state index is 0.286. The van der Waals surface area contributed by atoms with Crippen LogP contribution < -0.4 is 15.4 Å². The number of hydrogen-bond donors (Lipinski definition) is 2. The molecule has 102 valence electrons. The quantitative estimate of drug-likeness (QED) is 0.832. The van der Waals surface area contributed by atoms with Crippen LogP contribution in [-0.2, 0) is 6.54 Å². The summed E-state index contributed by atoms with van der Waals surface area (Å²) in [5.41, 5.74) is 0. The number of anilines is 2. The van der Waals surface area contributed by atoms with Gasteiger partial charge in [0, 0.05) is 17.6 Å². The summed E-state index contributed by atoms with van der Waals surface area (Å²) in [5, 5.41) is 7.21. The molecule has 0 spiro atoms. The van der Waals surface area contributed by atoms with Crippen molar-refractivity contribution in [3.05, 3.63) is 16.1 Å². The molecule has 0 atom stereocenters. The van der Waals surface area contributed by atoms with Crippen molar-refractivity contribution in [1.82, 2.24) is 19.9 Å². The second-order valence-electron chi connectivity index (χ2n) is 3.70. The molecule has 2 rings (SSSR count). The molecule has 0 aliphatic heterocycles. The highest BCUT2D eigenvalue weighted by Gasteiger charge is 2.06. The molecular formula is C11H16N6OS. The fourth-order valence-corrected chi connectivity index (χ4v) is 2.15. The van der Waals surface area contributed by atoms with E-state index < -0.39 is 0 Å². The number of ether oxygens (including phenoxy) is 1. The van der Waals surface area contributed by atoms with Gasteiger partial charge in [0.15, 0.2) is 0 Å². The number of hydrogen-bond acceptors (Lipinski definition) is 8. The molecule has 0 aliphatic carbocycles. The van der Waals surface area contributed by atoms with E-state index in [9.17, 15) is 0 Å². The summed E-state index contributed by atoms with van der Waals surface area (Å²) in [5.74, 6) is 0.978. The summed E-state index contributed by atoms with van der Waals surface area (Å²) in [7, 11) is 1.53. The number of methoxy groups -OCH3 is 1. The van der Waals surface area contributed by atoms with Crippen molar-refractivity contribution >= 4 is 23.2 Å². The van der Waals surface area contributed by atoms with Crippen molar-refractivity contribution in [2.45, 2.75) is 20.4 Å². The van der Waals surface area contributed by atoms with Gasteiger partial charge in [-0.3, -0.25) is 0 Å². The van der Waals surface area contributed by atoms with Gasteiger partial charge in [-0.2, -0.15) is 15.0 Å². The van der Waals surface area contributed by atoms with E-state index in [0.29, 0.717) is 18.4 Å². The zero-order valence-corrected chi connectivity index (χ0v) is 11.9. The Bertz CT molecular complexity index is 544. The van der Waals surface area contributed by atoms with Crippen LogP contribution in [0.1, 0.15) is 16.8 Å². The Labute approximate surface area is 115 Å². The van der Waals surface area contributed by atoms with Crippen LogP contribution in [0.15, 0.2) is 6.20 Å². The molecule has 0 amide bonds. The van der Waals surface area contributed by atoms with E-state index in [1.54, 1.807) is 11.3 Å². The Morgan fingerprint density at radius 1 is 1.21 bits per heavy atom. The lowest BCUT2D eigenvalue weighted by atomic mass is 10.5. The summed E-state index contributed by atoms with van der Waals surface area (Å²) in [4.78, 5) is 17.8. The molecule has 0 aromatic carbocycles. The maximum absolute atomic E-state index is 5.05. The lowest BCUT2D eigenvalue weighted by molar-refractivity contribution is 0.379. The third-order valence-corrected chi connectivity index (χ3v) is 3.13. The molecule has 0 bridgehead atoms. The molecule has 0 radical (unpaired) electrons. The van der Waals surface area contributed by atoms with Crippen LogP contribution in [-0.4, -0.2) is 33.6 Å². The maximum Gasteiger partial charge on any atom is 0.322 e.